The molecule has 0 saturated carbocycles. The van der Waals surface area contributed by atoms with E-state index in [0.717, 1.165) is 28.1 Å². The topological polar surface area (TPSA) is 50.1 Å². The Morgan fingerprint density at radius 3 is 1.93 bits per heavy atom. The lowest BCUT2D eigenvalue weighted by Gasteiger charge is -2.22. The van der Waals surface area contributed by atoms with Crippen LogP contribution in [0.15, 0.2) is 194 Å². The second-order valence-corrected chi connectivity index (χ2v) is 15.2. The minimum atomic E-state index is -0.391. The van der Waals surface area contributed by atoms with E-state index in [1.807, 2.05) is 18.2 Å². The Morgan fingerprint density at radius 2 is 1.18 bits per heavy atom. The van der Waals surface area contributed by atoms with Crippen molar-refractivity contribution in [2.45, 2.75) is 25.4 Å². The fourth-order valence-electron chi connectivity index (χ4n) is 8.37. The van der Waals surface area contributed by atoms with Crippen molar-refractivity contribution in [1.29, 1.82) is 0 Å². The summed E-state index contributed by atoms with van der Waals surface area (Å²) < 4.78 is 0. The van der Waals surface area contributed by atoms with Crippen LogP contribution >= 0.6 is 0 Å². The summed E-state index contributed by atoms with van der Waals surface area (Å²) in [4.78, 5) is 0. The Kier molecular flexibility index (Phi) is 9.30. The number of hydrogen-bond acceptors (Lipinski definition) is 3. The van der Waals surface area contributed by atoms with Gasteiger partial charge >= 0.3 is 0 Å². The molecule has 0 radical (unpaired) electrons. The second kappa shape index (κ2) is 14.9. The van der Waals surface area contributed by atoms with Crippen LogP contribution in [0.4, 0.5) is 5.69 Å². The molecular weight excluding hydrogens is 679 g/mol. The average molecular weight is 724 g/mol. The molecule has 8 aromatic carbocycles. The molecule has 272 valence electrons. The predicted octanol–water partition coefficient (Wildman–Crippen LogP) is 12.8. The maximum absolute atomic E-state index is 6.87. The number of nitrogens with one attached hydrogen (secondary N) is 2. The standard InChI is InChI=1S/C53H45N3/c1-53(2)47-27-15-26-44(51(47)46-34-39-22-12-13-23-40(39)35-48(46)53)42-24-14-25-43(32-42)49(56-52(54)38-20-10-5-11-21-38)30-31-55-50-29-28-41(36-16-6-3-7-17-36)33-45(50)37-18-8-4-9-19-37/h3-30,32-35,52,55-56H,31,54H2,1-2H3/b49-30-. The SMILES string of the molecule is CC1(C)c2cc3ccccc3cc2-c2c(-c3cccc(/C(=C/CNc4ccc(-c5ccccc5)cc4-c4ccccc4)NC(N)c4ccccc4)c3)cccc21. The smallest absolute Gasteiger partial charge is 0.101 e. The third-order valence-electron chi connectivity index (χ3n) is 11.3. The highest BCUT2D eigenvalue weighted by atomic mass is 15.0. The Morgan fingerprint density at radius 1 is 0.536 bits per heavy atom. The minimum Gasteiger partial charge on any atom is -0.381 e. The van der Waals surface area contributed by atoms with Gasteiger partial charge < -0.3 is 16.4 Å². The fraction of sp³-hybridized carbons (Fsp3) is 0.0943. The second-order valence-electron chi connectivity index (χ2n) is 15.2. The largest absolute Gasteiger partial charge is 0.381 e. The van der Waals surface area contributed by atoms with Crippen LogP contribution in [-0.2, 0) is 5.41 Å². The van der Waals surface area contributed by atoms with Gasteiger partial charge in [-0.2, -0.15) is 0 Å². The van der Waals surface area contributed by atoms with Gasteiger partial charge in [-0.05, 0) is 108 Å². The molecular formula is C53H45N3. The molecule has 1 aliphatic rings. The summed E-state index contributed by atoms with van der Waals surface area (Å²) >= 11 is 0. The first-order chi connectivity index (χ1) is 27.4. The number of benzene rings is 8. The summed E-state index contributed by atoms with van der Waals surface area (Å²) in [7, 11) is 0. The Balaban J connectivity index is 1.09. The molecule has 0 saturated heterocycles. The van der Waals surface area contributed by atoms with Gasteiger partial charge in [-0.25, -0.2) is 0 Å². The zero-order valence-corrected chi connectivity index (χ0v) is 31.8. The molecule has 1 unspecified atom stereocenters. The molecule has 9 rings (SSSR count). The number of hydrogen-bond donors (Lipinski definition) is 3. The van der Waals surface area contributed by atoms with E-state index in [2.05, 4.69) is 200 Å². The van der Waals surface area contributed by atoms with E-state index in [1.54, 1.807) is 0 Å². The number of fused-ring (bicyclic) bond motifs is 4. The summed E-state index contributed by atoms with van der Waals surface area (Å²) in [5, 5.41) is 10.00. The van der Waals surface area contributed by atoms with Gasteiger partial charge in [-0.1, -0.05) is 172 Å². The van der Waals surface area contributed by atoms with Crippen molar-refractivity contribution in [3.05, 3.63) is 216 Å². The Hall–Kier alpha value is -6.68. The fourth-order valence-corrected chi connectivity index (χ4v) is 8.37. The molecule has 0 fully saturated rings. The van der Waals surface area contributed by atoms with E-state index in [9.17, 15) is 0 Å². The molecule has 0 bridgehead atoms. The van der Waals surface area contributed by atoms with Crippen LogP contribution in [0, 0.1) is 0 Å². The monoisotopic (exact) mass is 723 g/mol. The van der Waals surface area contributed by atoms with E-state index in [-0.39, 0.29) is 5.41 Å². The van der Waals surface area contributed by atoms with Gasteiger partial charge in [0.2, 0.25) is 0 Å². The van der Waals surface area contributed by atoms with Crippen molar-refractivity contribution in [2.24, 2.45) is 5.73 Å². The summed E-state index contributed by atoms with van der Waals surface area (Å²) in [6, 6.07) is 67.2. The summed E-state index contributed by atoms with van der Waals surface area (Å²) in [6.45, 7) is 5.30. The first kappa shape index (κ1) is 35.0. The van der Waals surface area contributed by atoms with E-state index in [1.165, 1.54) is 60.8 Å². The molecule has 0 aromatic heterocycles. The maximum Gasteiger partial charge on any atom is 0.101 e. The molecule has 1 aliphatic carbocycles. The molecule has 0 heterocycles. The molecule has 0 spiro atoms. The zero-order valence-electron chi connectivity index (χ0n) is 31.8. The molecule has 3 heteroatoms. The van der Waals surface area contributed by atoms with E-state index >= 15 is 0 Å². The number of rotatable bonds is 10. The Bertz CT molecular complexity index is 2700. The molecule has 0 amide bonds. The van der Waals surface area contributed by atoms with Gasteiger partial charge in [-0.15, -0.1) is 0 Å². The molecule has 1 atom stereocenters. The first-order valence-corrected chi connectivity index (χ1v) is 19.5. The lowest BCUT2D eigenvalue weighted by Crippen LogP contribution is -2.27. The van der Waals surface area contributed by atoms with Crippen molar-refractivity contribution >= 4 is 22.2 Å². The van der Waals surface area contributed by atoms with Crippen molar-refractivity contribution < 1.29 is 0 Å². The van der Waals surface area contributed by atoms with Crippen LogP contribution in [0.2, 0.25) is 0 Å². The molecule has 56 heavy (non-hydrogen) atoms. The van der Waals surface area contributed by atoms with Gasteiger partial charge in [0.25, 0.3) is 0 Å². The average Bonchev–Trinajstić information content (AvgIpc) is 3.48. The van der Waals surface area contributed by atoms with E-state index in [0.29, 0.717) is 6.54 Å². The van der Waals surface area contributed by atoms with Gasteiger partial charge in [0.1, 0.15) is 6.17 Å². The summed E-state index contributed by atoms with van der Waals surface area (Å²) in [6.07, 6.45) is 1.83. The van der Waals surface area contributed by atoms with Crippen LogP contribution in [0.3, 0.4) is 0 Å². The van der Waals surface area contributed by atoms with Crippen LogP contribution in [-0.4, -0.2) is 6.54 Å². The Labute approximate surface area is 330 Å². The van der Waals surface area contributed by atoms with Crippen molar-refractivity contribution in [1.82, 2.24) is 5.32 Å². The van der Waals surface area contributed by atoms with Crippen molar-refractivity contribution in [3.63, 3.8) is 0 Å². The lowest BCUT2D eigenvalue weighted by molar-refractivity contribution is 0.661. The third-order valence-corrected chi connectivity index (χ3v) is 11.3. The summed E-state index contributed by atoms with van der Waals surface area (Å²) in [5.41, 5.74) is 23.4. The normalized spacial score (nSPS) is 13.5. The maximum atomic E-state index is 6.87. The molecule has 3 nitrogen and oxygen atoms in total. The van der Waals surface area contributed by atoms with Crippen molar-refractivity contribution in [2.75, 3.05) is 11.9 Å². The van der Waals surface area contributed by atoms with Crippen LogP contribution in [0.25, 0.3) is 61.0 Å². The molecule has 0 aliphatic heterocycles. The molecule has 8 aromatic rings. The third kappa shape index (κ3) is 6.68. The van der Waals surface area contributed by atoms with Gasteiger partial charge in [0, 0.05) is 28.9 Å². The predicted molar refractivity (Wildman–Crippen MR) is 237 cm³/mol. The van der Waals surface area contributed by atoms with Crippen LogP contribution in [0.1, 0.15) is 42.3 Å². The van der Waals surface area contributed by atoms with E-state index in [4.69, 9.17) is 5.73 Å². The van der Waals surface area contributed by atoms with Crippen LogP contribution < -0.4 is 16.4 Å². The quantitative estimate of drug-likeness (QED) is 0.123. The highest BCUT2D eigenvalue weighted by Crippen LogP contribution is 2.53. The number of nitrogens with two attached hydrogens (primary N) is 1. The van der Waals surface area contributed by atoms with Crippen molar-refractivity contribution in [3.8, 4) is 44.5 Å². The van der Waals surface area contributed by atoms with Gasteiger partial charge in [0.05, 0.1) is 0 Å². The van der Waals surface area contributed by atoms with E-state index < -0.39 is 6.17 Å². The highest BCUT2D eigenvalue weighted by Gasteiger charge is 2.37. The van der Waals surface area contributed by atoms with Gasteiger partial charge in [0.15, 0.2) is 0 Å². The zero-order chi connectivity index (χ0) is 38.1. The minimum absolute atomic E-state index is 0.110. The van der Waals surface area contributed by atoms with Gasteiger partial charge in [-0.3, -0.25) is 0 Å². The number of anilines is 1. The summed E-state index contributed by atoms with van der Waals surface area (Å²) in [5.74, 6) is 0. The highest BCUT2D eigenvalue weighted by molar-refractivity contribution is 5.98. The first-order valence-electron chi connectivity index (χ1n) is 19.5. The molecule has 4 N–H and O–H groups in total. The lowest BCUT2D eigenvalue weighted by atomic mass is 9.81. The van der Waals surface area contributed by atoms with Crippen LogP contribution in [0.5, 0.6) is 0 Å².